The van der Waals surface area contributed by atoms with Gasteiger partial charge in [-0.25, -0.2) is 0 Å². The van der Waals surface area contributed by atoms with Gasteiger partial charge < -0.3 is 14.4 Å². The number of benzene rings is 2. The van der Waals surface area contributed by atoms with Crippen LogP contribution >= 0.6 is 0 Å². The van der Waals surface area contributed by atoms with Crippen molar-refractivity contribution in [2.45, 2.75) is 50.6 Å². The lowest BCUT2D eigenvalue weighted by molar-refractivity contribution is -0.133. The first kappa shape index (κ1) is 21.7. The standard InChI is InChI=1S/C29H34N2O3/c1-19-15-30(16-20-4-5-20)27-12-22-8-11-24(34-3)13-25(22)29(19)14-28(32)31(18-26(27)29)17-21-6-9-23(33-2)10-7-21/h6-11,13,18-20,27H,4-5,12,14-17H2,1-3H3/t19?,27-,29+/m1/s1. The highest BCUT2D eigenvalue weighted by Gasteiger charge is 2.57. The fourth-order valence-corrected chi connectivity index (χ4v) is 6.61. The van der Waals surface area contributed by atoms with E-state index in [2.05, 4.69) is 48.4 Å². The topological polar surface area (TPSA) is 42.0 Å². The van der Waals surface area contributed by atoms with Gasteiger partial charge in [-0.05, 0) is 77.6 Å². The molecule has 1 saturated carbocycles. The molecule has 5 nitrogen and oxygen atoms in total. The van der Waals surface area contributed by atoms with Gasteiger partial charge in [0.05, 0.1) is 20.8 Å². The molecule has 1 saturated heterocycles. The van der Waals surface area contributed by atoms with Crippen LogP contribution in [0, 0.1) is 11.8 Å². The second-order valence-electron chi connectivity index (χ2n) is 10.6. The predicted molar refractivity (Wildman–Crippen MR) is 132 cm³/mol. The second-order valence-corrected chi connectivity index (χ2v) is 10.6. The van der Waals surface area contributed by atoms with Gasteiger partial charge in [0, 0.05) is 37.2 Å². The first-order chi connectivity index (χ1) is 16.5. The summed E-state index contributed by atoms with van der Waals surface area (Å²) in [5.41, 5.74) is 5.01. The number of piperidine rings is 1. The molecule has 0 radical (unpaired) electrons. The number of hydrogen-bond acceptors (Lipinski definition) is 4. The summed E-state index contributed by atoms with van der Waals surface area (Å²) in [5, 5.41) is 0. The van der Waals surface area contributed by atoms with Crippen molar-refractivity contribution in [3.05, 3.63) is 70.9 Å². The van der Waals surface area contributed by atoms with Crippen molar-refractivity contribution < 1.29 is 14.3 Å². The van der Waals surface area contributed by atoms with E-state index in [1.807, 2.05) is 17.0 Å². The zero-order valence-corrected chi connectivity index (χ0v) is 20.4. The third kappa shape index (κ3) is 3.44. The molecule has 178 valence electrons. The van der Waals surface area contributed by atoms with Crippen molar-refractivity contribution in [2.75, 3.05) is 27.3 Å². The Morgan fingerprint density at radius 3 is 2.47 bits per heavy atom. The van der Waals surface area contributed by atoms with Crippen LogP contribution in [-0.4, -0.2) is 49.1 Å². The van der Waals surface area contributed by atoms with Crippen LogP contribution in [0.25, 0.3) is 0 Å². The third-order valence-electron chi connectivity index (χ3n) is 8.62. The number of methoxy groups -OCH3 is 2. The van der Waals surface area contributed by atoms with Crippen LogP contribution in [0.3, 0.4) is 0 Å². The van der Waals surface area contributed by atoms with Crippen molar-refractivity contribution in [3.8, 4) is 11.5 Å². The number of fused-ring (bicyclic) bond motifs is 1. The van der Waals surface area contributed by atoms with Crippen molar-refractivity contribution in [3.63, 3.8) is 0 Å². The zero-order chi connectivity index (χ0) is 23.4. The van der Waals surface area contributed by atoms with E-state index < -0.39 is 0 Å². The number of ether oxygens (including phenoxy) is 2. The molecule has 0 aromatic heterocycles. The summed E-state index contributed by atoms with van der Waals surface area (Å²) in [7, 11) is 3.41. The summed E-state index contributed by atoms with van der Waals surface area (Å²) >= 11 is 0. The Bertz CT molecular complexity index is 1140. The minimum absolute atomic E-state index is 0.205. The van der Waals surface area contributed by atoms with Gasteiger partial charge in [-0.15, -0.1) is 0 Å². The smallest absolute Gasteiger partial charge is 0.228 e. The number of amides is 1. The lowest BCUT2D eigenvalue weighted by atomic mass is 9.54. The Morgan fingerprint density at radius 2 is 1.76 bits per heavy atom. The maximum atomic E-state index is 13.7. The molecule has 2 heterocycles. The molecule has 2 bridgehead atoms. The molecular weight excluding hydrogens is 424 g/mol. The molecule has 1 amide bonds. The first-order valence-electron chi connectivity index (χ1n) is 12.6. The first-order valence-corrected chi connectivity index (χ1v) is 12.6. The maximum absolute atomic E-state index is 13.7. The molecule has 2 aromatic carbocycles. The van der Waals surface area contributed by atoms with E-state index in [0.29, 0.717) is 24.9 Å². The van der Waals surface area contributed by atoms with E-state index in [0.717, 1.165) is 35.9 Å². The average molecular weight is 459 g/mol. The van der Waals surface area contributed by atoms with Gasteiger partial charge in [0.25, 0.3) is 0 Å². The summed E-state index contributed by atoms with van der Waals surface area (Å²) < 4.78 is 10.9. The molecule has 2 fully saturated rings. The number of nitrogens with zero attached hydrogens (tertiary/aromatic N) is 2. The SMILES string of the molecule is COc1ccc(CN2C=C3[C@H]4Cc5ccc(OC)cc5[C@]3(CC2=O)C(C)CN4CC2CC2)cc1. The van der Waals surface area contributed by atoms with Crippen LogP contribution in [0.15, 0.2) is 54.2 Å². The van der Waals surface area contributed by atoms with Crippen LogP contribution in [0.1, 0.15) is 42.9 Å². The van der Waals surface area contributed by atoms with Crippen LogP contribution in [0.4, 0.5) is 0 Å². The molecule has 6 rings (SSSR count). The quantitative estimate of drug-likeness (QED) is 0.637. The predicted octanol–water partition coefficient (Wildman–Crippen LogP) is 4.54. The Hall–Kier alpha value is -2.79. The van der Waals surface area contributed by atoms with Crippen molar-refractivity contribution in [1.29, 1.82) is 0 Å². The monoisotopic (exact) mass is 458 g/mol. The minimum Gasteiger partial charge on any atom is -0.497 e. The fourth-order valence-electron chi connectivity index (χ4n) is 6.61. The van der Waals surface area contributed by atoms with Crippen molar-refractivity contribution >= 4 is 5.91 Å². The van der Waals surface area contributed by atoms with Crippen molar-refractivity contribution in [1.82, 2.24) is 9.80 Å². The van der Waals surface area contributed by atoms with E-state index in [9.17, 15) is 4.79 Å². The molecule has 4 aliphatic rings. The molecular formula is C29H34N2O3. The van der Waals surface area contributed by atoms with Crippen LogP contribution in [0.2, 0.25) is 0 Å². The van der Waals surface area contributed by atoms with E-state index in [1.165, 1.54) is 36.1 Å². The molecule has 0 N–H and O–H groups in total. The normalized spacial score (nSPS) is 28.1. The highest BCUT2D eigenvalue weighted by molar-refractivity contribution is 5.83. The second kappa shape index (κ2) is 8.16. The number of carbonyl (C=O) groups excluding carboxylic acids is 1. The molecule has 2 aromatic rings. The van der Waals surface area contributed by atoms with E-state index in [-0.39, 0.29) is 11.3 Å². The van der Waals surface area contributed by atoms with E-state index >= 15 is 0 Å². The van der Waals surface area contributed by atoms with E-state index in [4.69, 9.17) is 9.47 Å². The fraction of sp³-hybridized carbons (Fsp3) is 0.483. The number of hydrogen-bond donors (Lipinski definition) is 0. The molecule has 3 atom stereocenters. The number of rotatable bonds is 6. The van der Waals surface area contributed by atoms with Crippen LogP contribution in [-0.2, 0) is 23.2 Å². The average Bonchev–Trinajstić information content (AvgIpc) is 3.67. The molecule has 0 spiro atoms. The van der Waals surface area contributed by atoms with Crippen molar-refractivity contribution in [2.24, 2.45) is 11.8 Å². The highest BCUT2D eigenvalue weighted by atomic mass is 16.5. The summed E-state index contributed by atoms with van der Waals surface area (Å²) in [6.45, 7) is 5.18. The molecule has 2 aliphatic heterocycles. The van der Waals surface area contributed by atoms with Gasteiger partial charge in [0.1, 0.15) is 11.5 Å². The summed E-state index contributed by atoms with van der Waals surface area (Å²) in [4.78, 5) is 18.3. The van der Waals surface area contributed by atoms with Gasteiger partial charge in [0.15, 0.2) is 0 Å². The minimum atomic E-state index is -0.236. The number of carbonyl (C=O) groups is 1. The molecule has 5 heteroatoms. The summed E-state index contributed by atoms with van der Waals surface area (Å²) in [5.74, 6) is 3.14. The zero-order valence-electron chi connectivity index (χ0n) is 20.4. The van der Waals surface area contributed by atoms with Gasteiger partial charge in [0.2, 0.25) is 5.91 Å². The maximum Gasteiger partial charge on any atom is 0.228 e. The lowest BCUT2D eigenvalue weighted by Gasteiger charge is -2.58. The molecule has 34 heavy (non-hydrogen) atoms. The molecule has 2 aliphatic carbocycles. The Balaban J connectivity index is 1.43. The van der Waals surface area contributed by atoms with Crippen LogP contribution in [0.5, 0.6) is 11.5 Å². The van der Waals surface area contributed by atoms with Crippen LogP contribution < -0.4 is 9.47 Å². The van der Waals surface area contributed by atoms with E-state index in [1.54, 1.807) is 14.2 Å². The summed E-state index contributed by atoms with van der Waals surface area (Å²) in [6, 6.07) is 14.9. The molecule has 1 unspecified atom stereocenters. The van der Waals surface area contributed by atoms with Gasteiger partial charge in [-0.3, -0.25) is 9.69 Å². The Kier molecular flexibility index (Phi) is 5.21. The Morgan fingerprint density at radius 1 is 1.03 bits per heavy atom. The Labute approximate surface area is 202 Å². The van der Waals surface area contributed by atoms with Gasteiger partial charge in [-0.1, -0.05) is 25.1 Å². The number of likely N-dealkylation sites (tertiary alicyclic amines) is 1. The highest BCUT2D eigenvalue weighted by Crippen LogP contribution is 2.56. The van der Waals surface area contributed by atoms with Gasteiger partial charge >= 0.3 is 0 Å². The third-order valence-corrected chi connectivity index (χ3v) is 8.62. The summed E-state index contributed by atoms with van der Waals surface area (Å²) in [6.07, 6.45) is 6.48. The largest absolute Gasteiger partial charge is 0.497 e. The lowest BCUT2D eigenvalue weighted by Crippen LogP contribution is -2.62. The van der Waals surface area contributed by atoms with Gasteiger partial charge in [-0.2, -0.15) is 0 Å².